The number of aliphatic hydroxyl groups excluding tert-OH is 1. The number of amides is 2. The molecule has 0 spiro atoms. The first kappa shape index (κ1) is 15.4. The molecule has 1 aliphatic carbocycles. The molecule has 2 amide bonds. The topological polar surface area (TPSA) is 81.1 Å². The normalized spacial score (nSPS) is 26.4. The van der Waals surface area contributed by atoms with Crippen LogP contribution < -0.4 is 0 Å². The summed E-state index contributed by atoms with van der Waals surface area (Å²) in [5.74, 6) is -0.494. The van der Waals surface area contributed by atoms with Gasteiger partial charge in [-0.15, -0.1) is 11.8 Å². The zero-order valence-electron chi connectivity index (χ0n) is 11.7. The van der Waals surface area contributed by atoms with Gasteiger partial charge in [-0.25, -0.2) is 9.59 Å². The first-order chi connectivity index (χ1) is 9.56. The molecule has 1 saturated heterocycles. The number of aliphatic carboxylic acids is 1. The number of carbonyl (C=O) groups excluding carboxylic acids is 1. The molecule has 1 heterocycles. The van der Waals surface area contributed by atoms with Crippen LogP contribution >= 0.6 is 11.8 Å². The number of nitrogens with zero attached hydrogens (tertiary/aromatic N) is 2. The zero-order chi connectivity index (χ0) is 14.7. The van der Waals surface area contributed by atoms with Gasteiger partial charge in [0.15, 0.2) is 0 Å². The summed E-state index contributed by atoms with van der Waals surface area (Å²) in [6, 6.07) is -0.714. The van der Waals surface area contributed by atoms with Crippen LogP contribution in [0.25, 0.3) is 0 Å². The fraction of sp³-hybridized carbons (Fsp3) is 0.846. The summed E-state index contributed by atoms with van der Waals surface area (Å²) in [5, 5.41) is 18.1. The molecule has 0 aromatic rings. The van der Waals surface area contributed by atoms with Crippen LogP contribution in [0, 0.1) is 0 Å². The van der Waals surface area contributed by atoms with Crippen molar-refractivity contribution in [1.82, 2.24) is 9.80 Å². The summed E-state index contributed by atoms with van der Waals surface area (Å²) in [7, 11) is 0. The standard InChI is InChI=1S/C13H22N2O4S/c1-9-15(11(8-20-9)12(17)18)13(19)14(6-3-7-16)10-4-2-5-10/h9-11,16H,2-8H2,1H3,(H,17,18). The van der Waals surface area contributed by atoms with E-state index in [0.29, 0.717) is 18.7 Å². The maximum Gasteiger partial charge on any atom is 0.327 e. The molecule has 0 bridgehead atoms. The average Bonchev–Trinajstić information content (AvgIpc) is 2.73. The fourth-order valence-corrected chi connectivity index (χ4v) is 3.81. The van der Waals surface area contributed by atoms with E-state index in [2.05, 4.69) is 0 Å². The molecular formula is C13H22N2O4S. The van der Waals surface area contributed by atoms with Crippen LogP contribution in [0.4, 0.5) is 4.79 Å². The minimum Gasteiger partial charge on any atom is -0.480 e. The molecule has 2 aliphatic rings. The molecule has 1 aliphatic heterocycles. The second kappa shape index (κ2) is 6.67. The van der Waals surface area contributed by atoms with Crippen LogP contribution in [0.15, 0.2) is 0 Å². The van der Waals surface area contributed by atoms with E-state index in [1.807, 2.05) is 6.92 Å². The Balaban J connectivity index is 2.10. The molecule has 0 aromatic carbocycles. The van der Waals surface area contributed by atoms with Crippen LogP contribution in [0.3, 0.4) is 0 Å². The average molecular weight is 302 g/mol. The van der Waals surface area contributed by atoms with Gasteiger partial charge in [-0.05, 0) is 32.6 Å². The number of thioether (sulfide) groups is 1. The van der Waals surface area contributed by atoms with Gasteiger partial charge in [-0.3, -0.25) is 4.90 Å². The maximum absolute atomic E-state index is 12.7. The third-order valence-electron chi connectivity index (χ3n) is 4.05. The summed E-state index contributed by atoms with van der Waals surface area (Å²) in [4.78, 5) is 27.2. The Morgan fingerprint density at radius 3 is 2.60 bits per heavy atom. The van der Waals surface area contributed by atoms with Crippen molar-refractivity contribution in [1.29, 1.82) is 0 Å². The summed E-state index contributed by atoms with van der Waals surface area (Å²) >= 11 is 1.50. The van der Waals surface area contributed by atoms with Gasteiger partial charge >= 0.3 is 12.0 Å². The van der Waals surface area contributed by atoms with Crippen molar-refractivity contribution in [3.8, 4) is 0 Å². The molecule has 20 heavy (non-hydrogen) atoms. The van der Waals surface area contributed by atoms with E-state index in [4.69, 9.17) is 5.11 Å². The quantitative estimate of drug-likeness (QED) is 0.797. The molecule has 1 saturated carbocycles. The monoisotopic (exact) mass is 302 g/mol. The summed E-state index contributed by atoms with van der Waals surface area (Å²) < 4.78 is 0. The van der Waals surface area contributed by atoms with E-state index in [0.717, 1.165) is 19.3 Å². The van der Waals surface area contributed by atoms with Crippen molar-refractivity contribution in [3.05, 3.63) is 0 Å². The number of carboxylic acids is 1. The Morgan fingerprint density at radius 1 is 1.40 bits per heavy atom. The number of rotatable bonds is 5. The van der Waals surface area contributed by atoms with Crippen molar-refractivity contribution >= 4 is 23.8 Å². The van der Waals surface area contributed by atoms with E-state index in [9.17, 15) is 14.7 Å². The van der Waals surface area contributed by atoms with Gasteiger partial charge in [0.05, 0.1) is 5.37 Å². The van der Waals surface area contributed by atoms with E-state index in [1.54, 1.807) is 4.90 Å². The number of hydrogen-bond donors (Lipinski definition) is 2. The highest BCUT2D eigenvalue weighted by molar-refractivity contribution is 8.00. The first-order valence-corrected chi connectivity index (χ1v) is 8.15. The van der Waals surface area contributed by atoms with Crippen molar-refractivity contribution in [2.45, 2.75) is 50.1 Å². The molecule has 0 radical (unpaired) electrons. The minimum atomic E-state index is -0.939. The lowest BCUT2D eigenvalue weighted by Gasteiger charge is -2.41. The predicted octanol–water partition coefficient (Wildman–Crippen LogP) is 1.19. The van der Waals surface area contributed by atoms with Gasteiger partial charge in [0.2, 0.25) is 0 Å². The van der Waals surface area contributed by atoms with Crippen molar-refractivity contribution in [3.63, 3.8) is 0 Å². The summed E-state index contributed by atoms with van der Waals surface area (Å²) in [6.45, 7) is 2.42. The lowest BCUT2D eigenvalue weighted by atomic mass is 9.91. The Kier molecular flexibility index (Phi) is 5.15. The van der Waals surface area contributed by atoms with Crippen LogP contribution in [-0.2, 0) is 4.79 Å². The second-order valence-electron chi connectivity index (χ2n) is 5.33. The Hall–Kier alpha value is -0.950. The largest absolute Gasteiger partial charge is 0.480 e. The molecule has 2 unspecified atom stereocenters. The molecule has 6 nitrogen and oxygen atoms in total. The second-order valence-corrected chi connectivity index (χ2v) is 6.68. The Labute approximate surface area is 123 Å². The molecule has 2 N–H and O–H groups in total. The highest BCUT2D eigenvalue weighted by Crippen LogP contribution is 2.32. The van der Waals surface area contributed by atoms with Crippen molar-refractivity contribution < 1.29 is 19.8 Å². The lowest BCUT2D eigenvalue weighted by molar-refractivity contribution is -0.141. The molecule has 114 valence electrons. The molecule has 0 aromatic heterocycles. The van der Waals surface area contributed by atoms with E-state index in [1.165, 1.54) is 16.7 Å². The third kappa shape index (κ3) is 3.03. The number of hydrogen-bond acceptors (Lipinski definition) is 4. The number of aliphatic hydroxyl groups is 1. The Bertz CT molecular complexity index is 375. The number of carbonyl (C=O) groups is 2. The SMILES string of the molecule is CC1SCC(C(=O)O)N1C(=O)N(CCCO)C1CCC1. The fourth-order valence-electron chi connectivity index (χ4n) is 2.65. The van der Waals surface area contributed by atoms with Crippen LogP contribution in [0.1, 0.15) is 32.6 Å². The van der Waals surface area contributed by atoms with E-state index < -0.39 is 12.0 Å². The van der Waals surface area contributed by atoms with Gasteiger partial charge in [0.1, 0.15) is 6.04 Å². The van der Waals surface area contributed by atoms with Crippen LogP contribution in [0.5, 0.6) is 0 Å². The van der Waals surface area contributed by atoms with Crippen LogP contribution in [0.2, 0.25) is 0 Å². The first-order valence-electron chi connectivity index (χ1n) is 7.10. The van der Waals surface area contributed by atoms with Gasteiger partial charge < -0.3 is 15.1 Å². The minimum absolute atomic E-state index is 0.0448. The molecule has 7 heteroatoms. The summed E-state index contributed by atoms with van der Waals surface area (Å²) in [5.41, 5.74) is 0. The van der Waals surface area contributed by atoms with E-state index in [-0.39, 0.29) is 24.1 Å². The maximum atomic E-state index is 12.7. The van der Waals surface area contributed by atoms with Gasteiger partial charge in [0.25, 0.3) is 0 Å². The van der Waals surface area contributed by atoms with Crippen molar-refractivity contribution in [2.24, 2.45) is 0 Å². The molecule has 2 rings (SSSR count). The zero-order valence-corrected chi connectivity index (χ0v) is 12.5. The van der Waals surface area contributed by atoms with E-state index >= 15 is 0 Å². The highest BCUT2D eigenvalue weighted by Gasteiger charge is 2.43. The Morgan fingerprint density at radius 2 is 2.10 bits per heavy atom. The third-order valence-corrected chi connectivity index (χ3v) is 5.26. The highest BCUT2D eigenvalue weighted by atomic mass is 32.2. The molecule has 2 fully saturated rings. The predicted molar refractivity (Wildman–Crippen MR) is 76.6 cm³/mol. The molecule has 2 atom stereocenters. The van der Waals surface area contributed by atoms with Gasteiger partial charge in [-0.2, -0.15) is 0 Å². The number of urea groups is 1. The summed E-state index contributed by atoms with van der Waals surface area (Å²) in [6.07, 6.45) is 3.60. The van der Waals surface area contributed by atoms with Gasteiger partial charge in [-0.1, -0.05) is 0 Å². The van der Waals surface area contributed by atoms with Crippen molar-refractivity contribution in [2.75, 3.05) is 18.9 Å². The van der Waals surface area contributed by atoms with Gasteiger partial charge in [0, 0.05) is 24.9 Å². The number of carboxylic acid groups (broad SMARTS) is 1. The smallest absolute Gasteiger partial charge is 0.327 e. The van der Waals surface area contributed by atoms with Crippen LogP contribution in [-0.4, -0.2) is 68.4 Å². The molecular weight excluding hydrogens is 280 g/mol. The lowest BCUT2D eigenvalue weighted by Crippen LogP contribution is -2.55.